The fraction of sp³-hybridized carbons (Fsp3) is 0.277. The Balaban J connectivity index is 0.860. The number of nitrogens with one attached hydrogen (secondary N) is 1. The van der Waals surface area contributed by atoms with Gasteiger partial charge in [0.05, 0.1) is 22.4 Å². The molecule has 2 fully saturated rings. The Morgan fingerprint density at radius 2 is 1.60 bits per heavy atom. The summed E-state index contributed by atoms with van der Waals surface area (Å²) in [6, 6.07) is 28.3. The summed E-state index contributed by atoms with van der Waals surface area (Å²) in [5, 5.41) is 2.22. The number of piperidine rings is 1. The summed E-state index contributed by atoms with van der Waals surface area (Å²) >= 11 is 0. The maximum Gasteiger partial charge on any atom is 0.262 e. The van der Waals surface area contributed by atoms with Crippen LogP contribution in [-0.2, 0) is 32.8 Å². The molecule has 1 saturated carbocycles. The summed E-state index contributed by atoms with van der Waals surface area (Å²) in [6.45, 7) is 0. The van der Waals surface area contributed by atoms with Crippen molar-refractivity contribution in [1.82, 2.24) is 29.7 Å². The molecule has 2 aliphatic heterocycles. The number of nitrogens with two attached hydrogens (primary N) is 2. The molecule has 0 radical (unpaired) electrons. The molecule has 3 aromatic heterocycles. The van der Waals surface area contributed by atoms with E-state index in [0.29, 0.717) is 66.9 Å². The normalized spacial score (nSPS) is 17.1. The van der Waals surface area contributed by atoms with Crippen LogP contribution >= 0.6 is 0 Å². The van der Waals surface area contributed by atoms with Crippen molar-refractivity contribution >= 4 is 46.4 Å². The first-order chi connectivity index (χ1) is 29.1. The molecule has 0 spiro atoms. The number of ketones is 1. The Morgan fingerprint density at radius 3 is 2.35 bits per heavy atom. The quantitative estimate of drug-likeness (QED) is 0.110. The molecule has 5 N–H and O–H groups in total. The van der Waals surface area contributed by atoms with Gasteiger partial charge in [0, 0.05) is 42.2 Å². The average molecular weight is 801 g/mol. The minimum atomic E-state index is -1.02. The third-order valence-corrected chi connectivity index (χ3v) is 12.1. The molecule has 6 aromatic rings. The van der Waals surface area contributed by atoms with E-state index in [9.17, 15) is 24.0 Å². The van der Waals surface area contributed by atoms with Gasteiger partial charge in [0.2, 0.25) is 11.8 Å². The molecule has 5 heterocycles. The number of benzene rings is 3. The number of carbonyl (C=O) groups is 5. The van der Waals surface area contributed by atoms with Gasteiger partial charge in [-0.1, -0.05) is 42.5 Å². The lowest BCUT2D eigenvalue weighted by atomic mass is 9.73. The molecule has 302 valence electrons. The number of hydrogen-bond donors (Lipinski definition) is 3. The van der Waals surface area contributed by atoms with Crippen molar-refractivity contribution in [3.63, 3.8) is 0 Å². The maximum absolute atomic E-state index is 13.4. The van der Waals surface area contributed by atoms with Crippen molar-refractivity contribution in [3.8, 4) is 28.3 Å². The Labute approximate surface area is 346 Å². The molecule has 1 unspecified atom stereocenters. The van der Waals surface area contributed by atoms with E-state index in [2.05, 4.69) is 46.7 Å². The molecule has 0 bridgehead atoms. The molecule has 13 heteroatoms. The van der Waals surface area contributed by atoms with Crippen LogP contribution in [0.3, 0.4) is 0 Å². The molecule has 60 heavy (non-hydrogen) atoms. The number of aryl methyl sites for hydroxylation is 2. The second kappa shape index (κ2) is 15.7. The van der Waals surface area contributed by atoms with Crippen LogP contribution in [0.5, 0.6) is 0 Å². The van der Waals surface area contributed by atoms with Gasteiger partial charge in [-0.05, 0) is 117 Å². The number of amides is 4. The number of rotatable bonds is 13. The van der Waals surface area contributed by atoms with Crippen LogP contribution in [0.1, 0.15) is 95.2 Å². The van der Waals surface area contributed by atoms with Crippen molar-refractivity contribution in [2.45, 2.75) is 82.2 Å². The minimum Gasteiger partial charge on any atom is -0.383 e. The van der Waals surface area contributed by atoms with Gasteiger partial charge in [-0.2, -0.15) is 0 Å². The van der Waals surface area contributed by atoms with E-state index in [1.807, 2.05) is 41.0 Å². The minimum absolute atomic E-state index is 0.0581. The number of nitrogens with zero attached hydrogens (tertiary/aromatic N) is 5. The van der Waals surface area contributed by atoms with Crippen molar-refractivity contribution in [2.75, 3.05) is 5.73 Å². The standard InChI is InChI=1S/C47H44N8O5/c48-41-35(15-5-26-50-41)42-52-37-21-20-36(51-43(37)54(42)32-18-16-31(17-19-32)47(49)24-6-25-47)30-11-1-7-28(27-30)8-2-12-33(56)13-3-9-29-10-4-14-34-40(29)46(60)55(45(34)59)38-22-23-39(57)53-44(38)58/h1,4-5,7,10-11,14-21,26-27,38H,2-3,6,8-9,12-13,22-25,49H2,(H2,48,50)(H,53,57,58). The number of pyridine rings is 2. The fourth-order valence-corrected chi connectivity index (χ4v) is 8.71. The van der Waals surface area contributed by atoms with Gasteiger partial charge in [0.15, 0.2) is 11.5 Å². The van der Waals surface area contributed by atoms with Crippen LogP contribution in [0.4, 0.5) is 5.82 Å². The van der Waals surface area contributed by atoms with E-state index in [4.69, 9.17) is 21.4 Å². The molecule has 9 rings (SSSR count). The van der Waals surface area contributed by atoms with Gasteiger partial charge in [0.25, 0.3) is 11.8 Å². The first-order valence-electron chi connectivity index (χ1n) is 20.5. The van der Waals surface area contributed by atoms with Gasteiger partial charge in [-0.15, -0.1) is 0 Å². The molecule has 3 aliphatic rings. The monoisotopic (exact) mass is 800 g/mol. The van der Waals surface area contributed by atoms with E-state index in [-0.39, 0.29) is 35.3 Å². The summed E-state index contributed by atoms with van der Waals surface area (Å²) in [7, 11) is 0. The highest BCUT2D eigenvalue weighted by Crippen LogP contribution is 2.40. The number of carbonyl (C=O) groups excluding carboxylic acids is 5. The van der Waals surface area contributed by atoms with Crippen molar-refractivity contribution in [2.24, 2.45) is 5.73 Å². The second-order valence-electron chi connectivity index (χ2n) is 16.0. The van der Waals surface area contributed by atoms with Crippen LogP contribution in [-0.4, -0.2) is 59.9 Å². The number of anilines is 1. The van der Waals surface area contributed by atoms with E-state index in [1.165, 1.54) is 0 Å². The summed E-state index contributed by atoms with van der Waals surface area (Å²) in [4.78, 5) is 79.2. The summed E-state index contributed by atoms with van der Waals surface area (Å²) in [5.74, 6) is -0.989. The Hall–Kier alpha value is -6.86. The van der Waals surface area contributed by atoms with E-state index >= 15 is 0 Å². The smallest absolute Gasteiger partial charge is 0.262 e. The third-order valence-electron chi connectivity index (χ3n) is 12.1. The van der Waals surface area contributed by atoms with Crippen molar-refractivity contribution < 1.29 is 24.0 Å². The van der Waals surface area contributed by atoms with E-state index < -0.39 is 29.7 Å². The molecule has 3 aromatic carbocycles. The Morgan fingerprint density at radius 1 is 0.833 bits per heavy atom. The molecule has 1 atom stereocenters. The van der Waals surface area contributed by atoms with Crippen LogP contribution in [0, 0.1) is 0 Å². The predicted octanol–water partition coefficient (Wildman–Crippen LogP) is 6.39. The SMILES string of the molecule is Nc1ncccc1-c1nc2ccc(-c3cccc(CCCC(=O)CCCc4cccc5c4C(=O)N(C4CCC(=O)NC4=O)C5=O)c3)nc2n1-c1ccc(C2(N)CCC2)cc1. The molecule has 1 saturated heterocycles. The van der Waals surface area contributed by atoms with Gasteiger partial charge < -0.3 is 11.5 Å². The average Bonchev–Trinajstić information content (AvgIpc) is 3.74. The van der Waals surface area contributed by atoms with Crippen LogP contribution in [0.25, 0.3) is 39.5 Å². The maximum atomic E-state index is 13.4. The number of fused-ring (bicyclic) bond motifs is 2. The summed E-state index contributed by atoms with van der Waals surface area (Å²) in [6.07, 6.45) is 7.97. The molecular formula is C47H44N8O5. The van der Waals surface area contributed by atoms with Crippen molar-refractivity contribution in [1.29, 1.82) is 0 Å². The number of imidazole rings is 1. The predicted molar refractivity (Wildman–Crippen MR) is 226 cm³/mol. The first-order valence-corrected chi connectivity index (χ1v) is 20.5. The number of Topliss-reactive ketones (excluding diaryl/α,β-unsaturated/α-hetero) is 1. The lowest BCUT2D eigenvalue weighted by Crippen LogP contribution is -2.54. The fourth-order valence-electron chi connectivity index (χ4n) is 8.71. The number of nitrogen functional groups attached to an aromatic ring is 1. The van der Waals surface area contributed by atoms with Gasteiger partial charge in [-0.25, -0.2) is 15.0 Å². The topological polar surface area (TPSA) is 196 Å². The van der Waals surface area contributed by atoms with Crippen LogP contribution in [0.15, 0.2) is 97.2 Å². The highest BCUT2D eigenvalue weighted by Gasteiger charge is 2.45. The second-order valence-corrected chi connectivity index (χ2v) is 16.0. The van der Waals surface area contributed by atoms with Gasteiger partial charge >= 0.3 is 0 Å². The zero-order valence-electron chi connectivity index (χ0n) is 33.0. The largest absolute Gasteiger partial charge is 0.383 e. The Kier molecular flexibility index (Phi) is 10.1. The highest BCUT2D eigenvalue weighted by molar-refractivity contribution is 6.24. The molecule has 4 amide bonds. The molecular weight excluding hydrogens is 757 g/mol. The first kappa shape index (κ1) is 38.6. The number of aromatic nitrogens is 4. The van der Waals surface area contributed by atoms with E-state index in [0.717, 1.165) is 57.8 Å². The van der Waals surface area contributed by atoms with Crippen LogP contribution < -0.4 is 16.8 Å². The van der Waals surface area contributed by atoms with E-state index in [1.54, 1.807) is 24.4 Å². The zero-order chi connectivity index (χ0) is 41.5. The lowest BCUT2D eigenvalue weighted by Gasteiger charge is -2.38. The van der Waals surface area contributed by atoms with Gasteiger partial charge in [0.1, 0.15) is 23.2 Å². The summed E-state index contributed by atoms with van der Waals surface area (Å²) < 4.78 is 2.02. The molecule has 13 nitrogen and oxygen atoms in total. The number of imide groups is 2. The van der Waals surface area contributed by atoms with Gasteiger partial charge in [-0.3, -0.25) is 38.8 Å². The third kappa shape index (κ3) is 7.15. The number of hydrogen-bond acceptors (Lipinski definition) is 10. The summed E-state index contributed by atoms with van der Waals surface area (Å²) in [5.41, 5.74) is 20.9. The van der Waals surface area contributed by atoms with Crippen LogP contribution in [0.2, 0.25) is 0 Å². The highest BCUT2D eigenvalue weighted by atomic mass is 16.2. The Bertz CT molecular complexity index is 2720. The molecule has 1 aliphatic carbocycles. The zero-order valence-corrected chi connectivity index (χ0v) is 33.0. The van der Waals surface area contributed by atoms with Crippen molar-refractivity contribution in [3.05, 3.63) is 125 Å². The lowest BCUT2D eigenvalue weighted by molar-refractivity contribution is -0.136.